The van der Waals surface area contributed by atoms with Gasteiger partial charge in [0.05, 0.1) is 0 Å². The number of rotatable bonds is 47. The molecule has 0 aliphatic carbocycles. The smallest absolute Gasteiger partial charge is 0.306 e. The summed E-state index contributed by atoms with van der Waals surface area (Å²) in [4.78, 5) is 38.0. The minimum Gasteiger partial charge on any atom is -0.462 e. The quantitative estimate of drug-likeness (QED) is 0.0199. The van der Waals surface area contributed by atoms with Crippen molar-refractivity contribution in [3.63, 3.8) is 0 Å². The highest BCUT2D eigenvalue weighted by molar-refractivity contribution is 5.71. The number of allylic oxidation sites excluding steroid dienone is 12. The summed E-state index contributed by atoms with van der Waals surface area (Å²) in [7, 11) is 0. The lowest BCUT2D eigenvalue weighted by Crippen LogP contribution is -2.30. The van der Waals surface area contributed by atoms with Crippen molar-refractivity contribution in [2.24, 2.45) is 0 Å². The van der Waals surface area contributed by atoms with Crippen LogP contribution in [0, 0.1) is 0 Å². The minimum atomic E-state index is -0.798. The molecule has 6 nitrogen and oxygen atoms in total. The zero-order chi connectivity index (χ0) is 45.8. The van der Waals surface area contributed by atoms with E-state index in [1.165, 1.54) is 128 Å². The van der Waals surface area contributed by atoms with Gasteiger partial charge in [-0.25, -0.2) is 0 Å². The van der Waals surface area contributed by atoms with Crippen LogP contribution in [0.15, 0.2) is 72.9 Å². The maximum absolute atomic E-state index is 12.8. The van der Waals surface area contributed by atoms with E-state index in [4.69, 9.17) is 14.2 Å². The van der Waals surface area contributed by atoms with Gasteiger partial charge in [-0.05, 0) is 57.8 Å². The largest absolute Gasteiger partial charge is 0.462 e. The average Bonchev–Trinajstić information content (AvgIpc) is 3.28. The van der Waals surface area contributed by atoms with Crippen LogP contribution in [0.2, 0.25) is 0 Å². The van der Waals surface area contributed by atoms with Crippen molar-refractivity contribution in [1.29, 1.82) is 0 Å². The van der Waals surface area contributed by atoms with Gasteiger partial charge in [-0.3, -0.25) is 14.4 Å². The molecule has 0 aromatic rings. The molecular weight excluding hydrogens is 781 g/mol. The Morgan fingerprint density at radius 1 is 0.333 bits per heavy atom. The van der Waals surface area contributed by atoms with E-state index >= 15 is 0 Å². The lowest BCUT2D eigenvalue weighted by atomic mass is 10.0. The monoisotopic (exact) mass is 879 g/mol. The molecule has 0 rings (SSSR count). The van der Waals surface area contributed by atoms with Crippen molar-refractivity contribution in [2.45, 2.75) is 258 Å². The molecule has 0 radical (unpaired) electrons. The molecule has 6 heteroatoms. The van der Waals surface area contributed by atoms with Crippen LogP contribution in [-0.2, 0) is 28.6 Å². The van der Waals surface area contributed by atoms with E-state index in [9.17, 15) is 14.4 Å². The van der Waals surface area contributed by atoms with Crippen LogP contribution in [0.3, 0.4) is 0 Å². The number of hydrogen-bond donors (Lipinski definition) is 0. The maximum Gasteiger partial charge on any atom is 0.306 e. The van der Waals surface area contributed by atoms with Crippen LogP contribution < -0.4 is 0 Å². The van der Waals surface area contributed by atoms with Gasteiger partial charge in [0.25, 0.3) is 0 Å². The van der Waals surface area contributed by atoms with Gasteiger partial charge in [-0.1, -0.05) is 248 Å². The van der Waals surface area contributed by atoms with Crippen LogP contribution in [0.5, 0.6) is 0 Å². The molecule has 0 aromatic carbocycles. The maximum atomic E-state index is 12.8. The number of unbranched alkanes of at least 4 members (excludes halogenated alkanes) is 28. The first-order valence-corrected chi connectivity index (χ1v) is 26.5. The number of carbonyl (C=O) groups excluding carboxylic acids is 3. The molecule has 0 spiro atoms. The fraction of sp³-hybridized carbons (Fsp3) is 0.737. The average molecular weight is 879 g/mol. The second-order valence-corrected chi connectivity index (χ2v) is 17.5. The fourth-order valence-electron chi connectivity index (χ4n) is 7.33. The van der Waals surface area contributed by atoms with Gasteiger partial charge in [0, 0.05) is 19.3 Å². The van der Waals surface area contributed by atoms with Crippen molar-refractivity contribution in [3.05, 3.63) is 72.9 Å². The van der Waals surface area contributed by atoms with E-state index < -0.39 is 6.10 Å². The predicted molar refractivity (Wildman–Crippen MR) is 270 cm³/mol. The van der Waals surface area contributed by atoms with Gasteiger partial charge in [0.2, 0.25) is 0 Å². The first kappa shape index (κ1) is 59.9. The van der Waals surface area contributed by atoms with E-state index in [1.54, 1.807) is 0 Å². The van der Waals surface area contributed by atoms with Gasteiger partial charge < -0.3 is 14.2 Å². The second kappa shape index (κ2) is 51.5. The van der Waals surface area contributed by atoms with E-state index in [1.807, 2.05) is 48.6 Å². The summed E-state index contributed by atoms with van der Waals surface area (Å²) in [5.74, 6) is -0.942. The first-order valence-electron chi connectivity index (χ1n) is 26.5. The Morgan fingerprint density at radius 3 is 1.08 bits per heavy atom. The van der Waals surface area contributed by atoms with Crippen molar-refractivity contribution in [1.82, 2.24) is 0 Å². The molecule has 0 aromatic heterocycles. The Kier molecular flexibility index (Phi) is 48.9. The summed E-state index contributed by atoms with van der Waals surface area (Å²) in [6, 6.07) is 0. The highest BCUT2D eigenvalue weighted by atomic mass is 16.6. The molecule has 0 fully saturated rings. The molecule has 63 heavy (non-hydrogen) atoms. The zero-order valence-corrected chi connectivity index (χ0v) is 41.3. The van der Waals surface area contributed by atoms with E-state index in [-0.39, 0.29) is 37.5 Å². The van der Waals surface area contributed by atoms with E-state index in [0.717, 1.165) is 77.0 Å². The number of ether oxygens (including phenoxy) is 3. The SMILES string of the molecule is CC\C=C/C=C\C=C/C=C\C=C/CCCCCC(=O)OC(COC(=O)CCCCCCC/C=C\CCCC)COC(=O)CCCCCCCCCCCCCCCCCCCCC. The number of esters is 3. The van der Waals surface area contributed by atoms with Gasteiger partial charge in [-0.15, -0.1) is 0 Å². The second-order valence-electron chi connectivity index (χ2n) is 17.5. The third-order valence-corrected chi connectivity index (χ3v) is 11.3. The zero-order valence-electron chi connectivity index (χ0n) is 41.3. The van der Waals surface area contributed by atoms with Crippen LogP contribution in [0.25, 0.3) is 0 Å². The molecule has 0 heterocycles. The molecule has 362 valence electrons. The molecule has 1 atom stereocenters. The Bertz CT molecular complexity index is 1190. The summed E-state index contributed by atoms with van der Waals surface area (Å²) >= 11 is 0. The number of hydrogen-bond acceptors (Lipinski definition) is 6. The lowest BCUT2D eigenvalue weighted by molar-refractivity contribution is -0.167. The molecule has 0 aliphatic heterocycles. The first-order chi connectivity index (χ1) is 31.0. The topological polar surface area (TPSA) is 78.9 Å². The van der Waals surface area contributed by atoms with Gasteiger partial charge in [0.1, 0.15) is 13.2 Å². The summed E-state index contributed by atoms with van der Waals surface area (Å²) in [6.45, 7) is 6.43. The molecule has 0 saturated heterocycles. The van der Waals surface area contributed by atoms with Crippen molar-refractivity contribution in [2.75, 3.05) is 13.2 Å². The summed E-state index contributed by atoms with van der Waals surface area (Å²) in [5.41, 5.74) is 0. The molecule has 0 N–H and O–H groups in total. The lowest BCUT2D eigenvalue weighted by Gasteiger charge is -2.18. The highest BCUT2D eigenvalue weighted by Crippen LogP contribution is 2.16. The van der Waals surface area contributed by atoms with Crippen LogP contribution in [-0.4, -0.2) is 37.2 Å². The van der Waals surface area contributed by atoms with Gasteiger partial charge in [0.15, 0.2) is 6.10 Å². The Morgan fingerprint density at radius 2 is 0.651 bits per heavy atom. The summed E-state index contributed by atoms with van der Waals surface area (Å²) in [5, 5.41) is 0. The van der Waals surface area contributed by atoms with Crippen LogP contribution in [0.4, 0.5) is 0 Å². The third-order valence-electron chi connectivity index (χ3n) is 11.3. The molecule has 1 unspecified atom stereocenters. The number of carbonyl (C=O) groups is 3. The molecule has 0 aliphatic rings. The summed E-state index contributed by atoms with van der Waals surface area (Å²) in [6.07, 6.45) is 64.6. The van der Waals surface area contributed by atoms with Gasteiger partial charge >= 0.3 is 17.9 Å². The van der Waals surface area contributed by atoms with Crippen molar-refractivity contribution < 1.29 is 28.6 Å². The van der Waals surface area contributed by atoms with Gasteiger partial charge in [-0.2, -0.15) is 0 Å². The normalized spacial score (nSPS) is 12.6. The third kappa shape index (κ3) is 49.7. The molecular formula is C57H98O6. The predicted octanol–water partition coefficient (Wildman–Crippen LogP) is 17.4. The molecule has 0 bridgehead atoms. The van der Waals surface area contributed by atoms with E-state index in [0.29, 0.717) is 19.3 Å². The highest BCUT2D eigenvalue weighted by Gasteiger charge is 2.19. The standard InChI is InChI=1S/C57H98O6/c1-4-7-10-13-16-19-22-24-26-27-28-29-31-32-35-38-41-44-47-50-56(59)62-53-54(52-61-55(58)49-46-43-40-37-34-21-18-15-12-9-6-3)63-57(60)51-48-45-42-39-36-33-30-25-23-20-17-14-11-8-5-2/h8,11,14-15,17-18,20,23,25,30,33,36,54H,4-7,9-10,12-13,16,19,21-22,24,26-29,31-32,34-35,37-53H2,1-3H3/b11-8-,17-14-,18-15-,23-20-,30-25-,36-33-. The molecule has 0 amide bonds. The van der Waals surface area contributed by atoms with Crippen molar-refractivity contribution in [3.8, 4) is 0 Å². The van der Waals surface area contributed by atoms with E-state index in [2.05, 4.69) is 45.1 Å². The summed E-state index contributed by atoms with van der Waals surface area (Å²) < 4.78 is 16.8. The van der Waals surface area contributed by atoms with Crippen LogP contribution in [0.1, 0.15) is 252 Å². The Balaban J connectivity index is 4.38. The van der Waals surface area contributed by atoms with Crippen LogP contribution >= 0.6 is 0 Å². The Labute approximate surface area is 389 Å². The Hall–Kier alpha value is -3.15. The fourth-order valence-corrected chi connectivity index (χ4v) is 7.33. The minimum absolute atomic E-state index is 0.0937. The van der Waals surface area contributed by atoms with Crippen molar-refractivity contribution >= 4 is 17.9 Å². The molecule has 0 saturated carbocycles.